The van der Waals surface area contributed by atoms with E-state index in [9.17, 15) is 14.7 Å². The van der Waals surface area contributed by atoms with Gasteiger partial charge in [0.15, 0.2) is 6.39 Å². The van der Waals surface area contributed by atoms with E-state index in [4.69, 9.17) is 4.42 Å². The van der Waals surface area contributed by atoms with Gasteiger partial charge in [-0.25, -0.2) is 9.78 Å². The Morgan fingerprint density at radius 1 is 1.50 bits per heavy atom. The summed E-state index contributed by atoms with van der Waals surface area (Å²) in [5.41, 5.74) is -0.674. The van der Waals surface area contributed by atoms with E-state index in [1.165, 1.54) is 11.3 Å². The normalized spacial score (nSPS) is 24.0. The zero-order valence-electron chi connectivity index (χ0n) is 10.5. The minimum absolute atomic E-state index is 0.129. The second-order valence-corrected chi connectivity index (χ2v) is 4.76. The third-order valence-electron chi connectivity index (χ3n) is 3.54. The van der Waals surface area contributed by atoms with Crippen LogP contribution in [0, 0.1) is 6.92 Å². The molecule has 1 aliphatic rings. The molecular weight excluding hydrogens is 236 g/mol. The van der Waals surface area contributed by atoms with Crippen LogP contribution in [0.1, 0.15) is 42.4 Å². The minimum atomic E-state index is -1.16. The summed E-state index contributed by atoms with van der Waals surface area (Å²) in [6, 6.07) is 0. The number of nitrogens with zero attached hydrogens (tertiary/aromatic N) is 2. The number of oxazole rings is 1. The number of carbonyl (C=O) groups is 2. The lowest BCUT2D eigenvalue weighted by atomic mass is 9.88. The molecule has 0 bridgehead atoms. The molecule has 18 heavy (non-hydrogen) atoms. The van der Waals surface area contributed by atoms with Gasteiger partial charge >= 0.3 is 5.97 Å². The van der Waals surface area contributed by atoms with Crippen molar-refractivity contribution in [2.45, 2.75) is 38.6 Å². The molecule has 1 unspecified atom stereocenters. The number of carboxylic acid groups (broad SMARTS) is 1. The molecule has 6 heteroatoms. The van der Waals surface area contributed by atoms with Crippen LogP contribution in [0.2, 0.25) is 0 Å². The van der Waals surface area contributed by atoms with Gasteiger partial charge in [0, 0.05) is 6.54 Å². The van der Waals surface area contributed by atoms with Crippen molar-refractivity contribution in [2.24, 2.45) is 0 Å². The van der Waals surface area contributed by atoms with Crippen LogP contribution in [0.5, 0.6) is 0 Å². The van der Waals surface area contributed by atoms with Gasteiger partial charge in [0.05, 0.1) is 5.69 Å². The maximum atomic E-state index is 12.3. The van der Waals surface area contributed by atoms with Gasteiger partial charge < -0.3 is 14.4 Å². The number of rotatable bonds is 2. The Morgan fingerprint density at radius 3 is 2.78 bits per heavy atom. The Bertz CT molecular complexity index is 482. The first kappa shape index (κ1) is 12.6. The predicted octanol–water partition coefficient (Wildman–Crippen LogP) is 1.45. The molecule has 6 nitrogen and oxygen atoms in total. The predicted molar refractivity (Wildman–Crippen MR) is 62.2 cm³/mol. The fourth-order valence-electron chi connectivity index (χ4n) is 2.30. The lowest BCUT2D eigenvalue weighted by Crippen LogP contribution is -2.57. The molecule has 1 aromatic heterocycles. The molecule has 0 radical (unpaired) electrons. The van der Waals surface area contributed by atoms with E-state index < -0.39 is 17.4 Å². The highest BCUT2D eigenvalue weighted by atomic mass is 16.4. The van der Waals surface area contributed by atoms with Gasteiger partial charge in [-0.1, -0.05) is 0 Å². The highest BCUT2D eigenvalue weighted by Crippen LogP contribution is 2.30. The standard InChI is InChI=1S/C12H16N2O4/c1-8-9(18-7-13-8)10(15)14-6-4-3-5-12(14,2)11(16)17/h7H,3-6H2,1-2H3,(H,16,17). The fraction of sp³-hybridized carbons (Fsp3) is 0.583. The third kappa shape index (κ3) is 1.87. The second kappa shape index (κ2) is 4.44. The van der Waals surface area contributed by atoms with Crippen LogP contribution < -0.4 is 0 Å². The summed E-state index contributed by atoms with van der Waals surface area (Å²) in [6.07, 6.45) is 3.27. The van der Waals surface area contributed by atoms with E-state index in [2.05, 4.69) is 4.98 Å². The Hall–Kier alpha value is -1.85. The van der Waals surface area contributed by atoms with Crippen LogP contribution in [0.25, 0.3) is 0 Å². The first-order valence-corrected chi connectivity index (χ1v) is 5.92. The number of amides is 1. The molecule has 98 valence electrons. The monoisotopic (exact) mass is 252 g/mol. The summed E-state index contributed by atoms with van der Waals surface area (Å²) in [6.45, 7) is 3.68. The number of likely N-dealkylation sites (tertiary alicyclic amines) is 1. The van der Waals surface area contributed by atoms with Crippen molar-refractivity contribution < 1.29 is 19.1 Å². The summed E-state index contributed by atoms with van der Waals surface area (Å²) < 4.78 is 5.06. The topological polar surface area (TPSA) is 83.6 Å². The van der Waals surface area contributed by atoms with E-state index >= 15 is 0 Å². The zero-order valence-corrected chi connectivity index (χ0v) is 10.5. The molecule has 0 spiro atoms. The zero-order chi connectivity index (χ0) is 13.3. The molecule has 1 aromatic rings. The number of aliphatic carboxylic acids is 1. The maximum absolute atomic E-state index is 12.3. The summed E-state index contributed by atoms with van der Waals surface area (Å²) in [5.74, 6) is -1.24. The molecule has 1 N–H and O–H groups in total. The third-order valence-corrected chi connectivity index (χ3v) is 3.54. The van der Waals surface area contributed by atoms with Crippen LogP contribution in [0.4, 0.5) is 0 Å². The quantitative estimate of drug-likeness (QED) is 0.861. The number of hydrogen-bond donors (Lipinski definition) is 1. The number of aromatic nitrogens is 1. The molecule has 2 rings (SSSR count). The number of aryl methyl sites for hydroxylation is 1. The van der Waals surface area contributed by atoms with E-state index in [0.717, 1.165) is 12.8 Å². The summed E-state index contributed by atoms with van der Waals surface area (Å²) in [4.78, 5) is 29.0. The van der Waals surface area contributed by atoms with Crippen LogP contribution in [-0.2, 0) is 4.79 Å². The molecule has 1 fully saturated rings. The van der Waals surface area contributed by atoms with Crippen LogP contribution in [-0.4, -0.2) is 39.0 Å². The van der Waals surface area contributed by atoms with Crippen molar-refractivity contribution in [1.82, 2.24) is 9.88 Å². The maximum Gasteiger partial charge on any atom is 0.329 e. The smallest absolute Gasteiger partial charge is 0.329 e. The van der Waals surface area contributed by atoms with Crippen molar-refractivity contribution in [2.75, 3.05) is 6.54 Å². The first-order valence-electron chi connectivity index (χ1n) is 5.92. The molecule has 1 aliphatic heterocycles. The second-order valence-electron chi connectivity index (χ2n) is 4.76. The molecule has 0 saturated carbocycles. The van der Waals surface area contributed by atoms with E-state index in [1.54, 1.807) is 13.8 Å². The highest BCUT2D eigenvalue weighted by molar-refractivity contribution is 5.96. The Kier molecular flexibility index (Phi) is 3.11. The average molecular weight is 252 g/mol. The molecule has 2 heterocycles. The van der Waals surface area contributed by atoms with E-state index in [0.29, 0.717) is 18.7 Å². The summed E-state index contributed by atoms with van der Waals surface area (Å²) >= 11 is 0. The van der Waals surface area contributed by atoms with Crippen molar-refractivity contribution in [3.05, 3.63) is 17.8 Å². The summed E-state index contributed by atoms with van der Waals surface area (Å²) in [5, 5.41) is 9.34. The molecule has 0 aromatic carbocycles. The highest BCUT2D eigenvalue weighted by Gasteiger charge is 2.45. The van der Waals surface area contributed by atoms with Crippen LogP contribution in [0.15, 0.2) is 10.8 Å². The SMILES string of the molecule is Cc1ncoc1C(=O)N1CCCCC1(C)C(=O)O. The lowest BCUT2D eigenvalue weighted by molar-refractivity contribution is -0.150. The largest absolute Gasteiger partial charge is 0.480 e. The van der Waals surface area contributed by atoms with Crippen molar-refractivity contribution in [3.8, 4) is 0 Å². The molecule has 1 amide bonds. The number of carboxylic acids is 1. The van der Waals surface area contributed by atoms with Crippen molar-refractivity contribution in [1.29, 1.82) is 0 Å². The van der Waals surface area contributed by atoms with Gasteiger partial charge in [-0.2, -0.15) is 0 Å². The minimum Gasteiger partial charge on any atom is -0.480 e. The van der Waals surface area contributed by atoms with E-state index in [-0.39, 0.29) is 5.76 Å². The van der Waals surface area contributed by atoms with Crippen molar-refractivity contribution >= 4 is 11.9 Å². The molecule has 1 atom stereocenters. The number of piperidine rings is 1. The van der Waals surface area contributed by atoms with Crippen LogP contribution in [0.3, 0.4) is 0 Å². The van der Waals surface area contributed by atoms with Gasteiger partial charge in [0.25, 0.3) is 5.91 Å². The number of hydrogen-bond acceptors (Lipinski definition) is 4. The number of carbonyl (C=O) groups excluding carboxylic acids is 1. The van der Waals surface area contributed by atoms with E-state index in [1.807, 2.05) is 0 Å². The van der Waals surface area contributed by atoms with Gasteiger partial charge in [0.2, 0.25) is 5.76 Å². The first-order chi connectivity index (χ1) is 8.47. The van der Waals surface area contributed by atoms with Gasteiger partial charge in [-0.15, -0.1) is 0 Å². The molecule has 0 aliphatic carbocycles. The van der Waals surface area contributed by atoms with Gasteiger partial charge in [-0.3, -0.25) is 4.79 Å². The average Bonchev–Trinajstić information content (AvgIpc) is 2.75. The van der Waals surface area contributed by atoms with Crippen LogP contribution >= 0.6 is 0 Å². The summed E-state index contributed by atoms with van der Waals surface area (Å²) in [7, 11) is 0. The van der Waals surface area contributed by atoms with Gasteiger partial charge in [0.1, 0.15) is 5.54 Å². The Labute approximate surface area is 105 Å². The van der Waals surface area contributed by atoms with Crippen molar-refractivity contribution in [3.63, 3.8) is 0 Å². The van der Waals surface area contributed by atoms with Gasteiger partial charge in [-0.05, 0) is 33.1 Å². The Morgan fingerprint density at radius 2 is 2.22 bits per heavy atom. The lowest BCUT2D eigenvalue weighted by Gasteiger charge is -2.41. The molecular formula is C12H16N2O4. The fourth-order valence-corrected chi connectivity index (χ4v) is 2.30. The molecule has 1 saturated heterocycles. The Balaban J connectivity index is 2.33.